The maximum Gasteiger partial charge on any atom is 0.0197 e. The summed E-state index contributed by atoms with van der Waals surface area (Å²) >= 11 is 2.14. The van der Waals surface area contributed by atoms with Gasteiger partial charge in [-0.3, -0.25) is 4.90 Å². The van der Waals surface area contributed by atoms with E-state index >= 15 is 0 Å². The van der Waals surface area contributed by atoms with Gasteiger partial charge < -0.3 is 5.32 Å². The lowest BCUT2D eigenvalue weighted by Gasteiger charge is -2.36. The second-order valence-electron chi connectivity index (χ2n) is 5.50. The van der Waals surface area contributed by atoms with Gasteiger partial charge in [0.25, 0.3) is 0 Å². The van der Waals surface area contributed by atoms with Crippen molar-refractivity contribution in [3.63, 3.8) is 0 Å². The van der Waals surface area contributed by atoms with Crippen LogP contribution in [0.15, 0.2) is 0 Å². The fourth-order valence-corrected chi connectivity index (χ4v) is 4.16. The zero-order chi connectivity index (χ0) is 11.4. The Bertz CT molecular complexity index is 196. The van der Waals surface area contributed by atoms with Crippen LogP contribution < -0.4 is 5.32 Å². The molecule has 0 saturated carbocycles. The topological polar surface area (TPSA) is 15.3 Å². The van der Waals surface area contributed by atoms with Gasteiger partial charge >= 0.3 is 0 Å². The summed E-state index contributed by atoms with van der Waals surface area (Å²) in [6, 6.07) is 1.58. The number of nitrogens with zero attached hydrogens (tertiary/aromatic N) is 1. The summed E-state index contributed by atoms with van der Waals surface area (Å²) in [6.07, 6.45) is 4.17. The zero-order valence-corrected chi connectivity index (χ0v) is 11.6. The van der Waals surface area contributed by atoms with Crippen LogP contribution in [0.5, 0.6) is 0 Å². The fraction of sp³-hybridized carbons (Fsp3) is 1.00. The smallest absolute Gasteiger partial charge is 0.0197 e. The van der Waals surface area contributed by atoms with E-state index < -0.39 is 0 Å². The summed E-state index contributed by atoms with van der Waals surface area (Å²) in [5.74, 6) is 3.68. The summed E-state index contributed by atoms with van der Waals surface area (Å²) in [5, 5.41) is 3.46. The Labute approximate surface area is 105 Å². The third-order valence-corrected chi connectivity index (χ3v) is 5.11. The fourth-order valence-electron chi connectivity index (χ4n) is 2.93. The van der Waals surface area contributed by atoms with Crippen molar-refractivity contribution in [2.24, 2.45) is 5.92 Å². The van der Waals surface area contributed by atoms with Crippen molar-refractivity contribution in [1.82, 2.24) is 10.2 Å². The van der Waals surface area contributed by atoms with Crippen LogP contribution in [0.3, 0.4) is 0 Å². The van der Waals surface area contributed by atoms with E-state index in [1.54, 1.807) is 0 Å². The standard InChI is InChI=1S/C13H26N2S/c1-11(2)15(13-5-8-16-10-13)9-12-3-6-14-7-4-12/h11-14H,3-10H2,1-2H3. The van der Waals surface area contributed by atoms with Gasteiger partial charge in [0.1, 0.15) is 0 Å². The van der Waals surface area contributed by atoms with Crippen molar-refractivity contribution in [2.75, 3.05) is 31.1 Å². The summed E-state index contributed by atoms with van der Waals surface area (Å²) < 4.78 is 0. The van der Waals surface area contributed by atoms with Gasteiger partial charge in [0.15, 0.2) is 0 Å². The van der Waals surface area contributed by atoms with E-state index in [9.17, 15) is 0 Å². The zero-order valence-electron chi connectivity index (χ0n) is 10.7. The Morgan fingerprint density at radius 3 is 2.56 bits per heavy atom. The molecule has 0 aromatic rings. The molecule has 0 aliphatic carbocycles. The number of piperidine rings is 1. The molecule has 1 N–H and O–H groups in total. The lowest BCUT2D eigenvalue weighted by Crippen LogP contribution is -2.45. The Morgan fingerprint density at radius 2 is 2.00 bits per heavy atom. The number of rotatable bonds is 4. The monoisotopic (exact) mass is 242 g/mol. The quantitative estimate of drug-likeness (QED) is 0.814. The molecule has 94 valence electrons. The van der Waals surface area contributed by atoms with Gasteiger partial charge in [0, 0.05) is 24.4 Å². The third kappa shape index (κ3) is 3.38. The van der Waals surface area contributed by atoms with Crippen LogP contribution in [0.4, 0.5) is 0 Å². The highest BCUT2D eigenvalue weighted by Crippen LogP contribution is 2.26. The Hall–Kier alpha value is 0.270. The predicted molar refractivity (Wildman–Crippen MR) is 73.2 cm³/mol. The first-order valence-corrected chi connectivity index (χ1v) is 7.97. The van der Waals surface area contributed by atoms with Gasteiger partial charge in [-0.15, -0.1) is 0 Å². The molecule has 2 nitrogen and oxygen atoms in total. The van der Waals surface area contributed by atoms with Crippen molar-refractivity contribution >= 4 is 11.8 Å². The van der Waals surface area contributed by atoms with Gasteiger partial charge in [0.2, 0.25) is 0 Å². The molecule has 1 atom stereocenters. The molecule has 2 aliphatic heterocycles. The average molecular weight is 242 g/mol. The first-order chi connectivity index (χ1) is 7.77. The summed E-state index contributed by atoms with van der Waals surface area (Å²) in [6.45, 7) is 8.53. The lowest BCUT2D eigenvalue weighted by molar-refractivity contribution is 0.128. The van der Waals surface area contributed by atoms with Crippen LogP contribution in [0, 0.1) is 5.92 Å². The third-order valence-electron chi connectivity index (χ3n) is 3.97. The van der Waals surface area contributed by atoms with Crippen LogP contribution in [0.25, 0.3) is 0 Å². The van der Waals surface area contributed by atoms with E-state index in [0.717, 1.165) is 18.0 Å². The SMILES string of the molecule is CC(C)N(CC1CCNCC1)C1CCSC1. The molecule has 2 aliphatic rings. The minimum absolute atomic E-state index is 0.721. The van der Waals surface area contributed by atoms with E-state index in [-0.39, 0.29) is 0 Å². The van der Waals surface area contributed by atoms with Gasteiger partial charge in [-0.2, -0.15) is 11.8 Å². The van der Waals surface area contributed by atoms with E-state index in [1.165, 1.54) is 50.4 Å². The van der Waals surface area contributed by atoms with Gasteiger partial charge in [0.05, 0.1) is 0 Å². The van der Waals surface area contributed by atoms with Crippen LogP contribution in [0.2, 0.25) is 0 Å². The van der Waals surface area contributed by atoms with Crippen molar-refractivity contribution in [3.8, 4) is 0 Å². The highest BCUT2D eigenvalue weighted by atomic mass is 32.2. The molecule has 0 bridgehead atoms. The molecule has 16 heavy (non-hydrogen) atoms. The minimum atomic E-state index is 0.721. The van der Waals surface area contributed by atoms with Gasteiger partial charge in [-0.1, -0.05) is 0 Å². The second kappa shape index (κ2) is 6.27. The average Bonchev–Trinajstić information content (AvgIpc) is 2.80. The highest BCUT2D eigenvalue weighted by Gasteiger charge is 2.27. The summed E-state index contributed by atoms with van der Waals surface area (Å²) in [4.78, 5) is 2.77. The molecule has 0 spiro atoms. The molecular formula is C13H26N2S. The molecule has 2 fully saturated rings. The number of thioether (sulfide) groups is 1. The maximum atomic E-state index is 3.46. The Morgan fingerprint density at radius 1 is 1.25 bits per heavy atom. The first-order valence-electron chi connectivity index (χ1n) is 6.81. The second-order valence-corrected chi connectivity index (χ2v) is 6.65. The number of hydrogen-bond acceptors (Lipinski definition) is 3. The predicted octanol–water partition coefficient (Wildman–Crippen LogP) is 2.20. The molecule has 0 aromatic carbocycles. The highest BCUT2D eigenvalue weighted by molar-refractivity contribution is 7.99. The molecule has 2 rings (SSSR count). The first kappa shape index (κ1) is 12.7. The normalized spacial score (nSPS) is 28.1. The molecule has 2 saturated heterocycles. The van der Waals surface area contributed by atoms with Gasteiger partial charge in [-0.05, 0) is 57.9 Å². The van der Waals surface area contributed by atoms with Crippen molar-refractivity contribution < 1.29 is 0 Å². The van der Waals surface area contributed by atoms with Crippen LogP contribution >= 0.6 is 11.8 Å². The van der Waals surface area contributed by atoms with E-state index in [1.807, 2.05) is 0 Å². The number of nitrogens with one attached hydrogen (secondary N) is 1. The summed E-state index contributed by atoms with van der Waals surface area (Å²) in [5.41, 5.74) is 0. The molecule has 0 radical (unpaired) electrons. The van der Waals surface area contributed by atoms with Crippen LogP contribution in [0.1, 0.15) is 33.1 Å². The van der Waals surface area contributed by atoms with Crippen molar-refractivity contribution in [1.29, 1.82) is 0 Å². The molecule has 3 heteroatoms. The number of hydrogen-bond donors (Lipinski definition) is 1. The van der Waals surface area contributed by atoms with Crippen LogP contribution in [-0.4, -0.2) is 48.1 Å². The maximum absolute atomic E-state index is 3.46. The van der Waals surface area contributed by atoms with Crippen LogP contribution in [-0.2, 0) is 0 Å². The Kier molecular flexibility index (Phi) is 4.98. The molecule has 2 heterocycles. The summed E-state index contributed by atoms with van der Waals surface area (Å²) in [7, 11) is 0. The molecule has 1 unspecified atom stereocenters. The molecular weight excluding hydrogens is 216 g/mol. The van der Waals surface area contributed by atoms with E-state index in [4.69, 9.17) is 0 Å². The van der Waals surface area contributed by atoms with E-state index in [2.05, 4.69) is 35.8 Å². The lowest BCUT2D eigenvalue weighted by atomic mass is 9.96. The Balaban J connectivity index is 1.85. The van der Waals surface area contributed by atoms with Gasteiger partial charge in [-0.25, -0.2) is 0 Å². The van der Waals surface area contributed by atoms with E-state index in [0.29, 0.717) is 0 Å². The minimum Gasteiger partial charge on any atom is -0.317 e. The molecule has 0 amide bonds. The molecule has 0 aromatic heterocycles. The van der Waals surface area contributed by atoms with Crippen molar-refractivity contribution in [2.45, 2.75) is 45.2 Å². The largest absolute Gasteiger partial charge is 0.317 e. The van der Waals surface area contributed by atoms with Crippen molar-refractivity contribution in [3.05, 3.63) is 0 Å².